The van der Waals surface area contributed by atoms with Crippen LogP contribution in [0.1, 0.15) is 284 Å². The van der Waals surface area contributed by atoms with Gasteiger partial charge in [0.05, 0.1) is 33.8 Å². The lowest BCUT2D eigenvalue weighted by atomic mass is 10.0. The minimum absolute atomic E-state index is 0.0340. The molecule has 0 saturated heterocycles. The number of nitrogens with one attached hydrogen (secondary N) is 1. The number of carbonyl (C=O) groups is 2. The summed E-state index contributed by atoms with van der Waals surface area (Å²) < 4.78 is 30.7. The standard InChI is InChI=1S/C68H123N2O7P/c1-7-10-13-16-19-22-25-28-30-31-32-33-34-35-36-37-38-39-40-43-46-49-52-55-58-61-68(72)77-66(59-56-53-50-47-44-41-27-24-21-18-15-12-9-3)65(64-76-78(73,74)75-63-62-70(4,5)6)69-67(71)60-57-54-51-48-45-42-29-26-23-20-17-14-11-8-2/h10,13,19,22,28,30,32-33,35-36,42,45,56,59,65-66H,7-9,11-12,14-18,20-21,23-27,29,31,34,37-41,43-44,46-55,57-58,60-64H2,1-6H3,(H-,69,71,73,74)/p+1/b13-10-,22-19-,30-28-,33-32-,36-35-,45-42-,59-56-. The molecule has 0 aliphatic carbocycles. The van der Waals surface area contributed by atoms with Crippen LogP contribution in [0.2, 0.25) is 0 Å². The summed E-state index contributed by atoms with van der Waals surface area (Å²) in [7, 11) is 1.48. The van der Waals surface area contributed by atoms with Crippen LogP contribution in [0.3, 0.4) is 0 Å². The van der Waals surface area contributed by atoms with Gasteiger partial charge in [0.1, 0.15) is 19.3 Å². The number of carbonyl (C=O) groups excluding carboxylic acids is 2. The van der Waals surface area contributed by atoms with E-state index >= 15 is 0 Å². The Balaban J connectivity index is 5.19. The first-order valence-corrected chi connectivity index (χ1v) is 33.9. The van der Waals surface area contributed by atoms with E-state index in [0.717, 1.165) is 116 Å². The van der Waals surface area contributed by atoms with Crippen molar-refractivity contribution < 1.29 is 37.3 Å². The van der Waals surface area contributed by atoms with Crippen LogP contribution in [0.15, 0.2) is 85.1 Å². The van der Waals surface area contributed by atoms with Crippen LogP contribution in [-0.4, -0.2) is 74.3 Å². The first kappa shape index (κ1) is 75.2. The lowest BCUT2D eigenvalue weighted by Gasteiger charge is -2.27. The number of rotatable bonds is 58. The zero-order valence-corrected chi connectivity index (χ0v) is 52.5. The lowest BCUT2D eigenvalue weighted by molar-refractivity contribution is -0.870. The molecule has 2 N–H and O–H groups in total. The van der Waals surface area contributed by atoms with E-state index in [2.05, 4.69) is 99.0 Å². The molecule has 0 aromatic rings. The number of unbranched alkanes of at least 4 members (excludes halogenated alkanes) is 30. The summed E-state index contributed by atoms with van der Waals surface area (Å²) in [5.41, 5.74) is 0. The van der Waals surface area contributed by atoms with Gasteiger partial charge in [0.15, 0.2) is 0 Å². The van der Waals surface area contributed by atoms with E-state index in [1.165, 1.54) is 135 Å². The highest BCUT2D eigenvalue weighted by Gasteiger charge is 2.30. The van der Waals surface area contributed by atoms with Gasteiger partial charge in [0.2, 0.25) is 5.91 Å². The number of hydrogen-bond acceptors (Lipinski definition) is 6. The number of phosphoric ester groups is 1. The minimum Gasteiger partial charge on any atom is -0.456 e. The molecule has 0 bridgehead atoms. The van der Waals surface area contributed by atoms with Crippen molar-refractivity contribution in [1.29, 1.82) is 0 Å². The highest BCUT2D eigenvalue weighted by atomic mass is 31.2. The van der Waals surface area contributed by atoms with Gasteiger partial charge in [-0.3, -0.25) is 18.6 Å². The molecule has 452 valence electrons. The molecule has 9 nitrogen and oxygen atoms in total. The van der Waals surface area contributed by atoms with Gasteiger partial charge in [-0.2, -0.15) is 0 Å². The quantitative estimate of drug-likeness (QED) is 0.0205. The van der Waals surface area contributed by atoms with Crippen LogP contribution >= 0.6 is 7.82 Å². The number of nitrogens with zero attached hydrogens (tertiary/aromatic N) is 1. The van der Waals surface area contributed by atoms with E-state index in [1.54, 1.807) is 0 Å². The monoisotopic (exact) mass is 1110 g/mol. The molecule has 0 heterocycles. The van der Waals surface area contributed by atoms with E-state index in [-0.39, 0.29) is 31.5 Å². The molecule has 0 fully saturated rings. The van der Waals surface area contributed by atoms with Gasteiger partial charge in [-0.15, -0.1) is 0 Å². The Morgan fingerprint density at radius 2 is 0.821 bits per heavy atom. The van der Waals surface area contributed by atoms with Crippen molar-refractivity contribution in [2.45, 2.75) is 296 Å². The highest BCUT2D eigenvalue weighted by Crippen LogP contribution is 2.43. The molecule has 0 rings (SSSR count). The second-order valence-electron chi connectivity index (χ2n) is 22.9. The van der Waals surface area contributed by atoms with E-state index in [4.69, 9.17) is 13.8 Å². The first-order chi connectivity index (χ1) is 37.9. The maximum absolute atomic E-state index is 13.5. The summed E-state index contributed by atoms with van der Waals surface area (Å²) in [4.78, 5) is 37.7. The average molecular weight is 1110 g/mol. The molecule has 1 amide bonds. The molecule has 0 saturated carbocycles. The number of likely N-dealkylation sites (N-methyl/N-ethyl adjacent to an activating group) is 1. The topological polar surface area (TPSA) is 111 Å². The molecule has 3 atom stereocenters. The van der Waals surface area contributed by atoms with Gasteiger partial charge in [-0.05, 0) is 102 Å². The van der Waals surface area contributed by atoms with E-state index in [0.29, 0.717) is 17.4 Å². The van der Waals surface area contributed by atoms with E-state index in [1.807, 2.05) is 33.3 Å². The molecule has 10 heteroatoms. The second-order valence-corrected chi connectivity index (χ2v) is 24.4. The molecule has 0 aromatic carbocycles. The smallest absolute Gasteiger partial charge is 0.456 e. The molecular weight excluding hydrogens is 988 g/mol. The second kappa shape index (κ2) is 57.4. The SMILES string of the molecule is CC/C=C\C/C=C\C/C=C\C/C=C\C/C=C\CCCCCCCCCCCC(=O)OC(/C=C\CCCCCCCCCCCCC)C(COP(=O)(O)OCC[N+](C)(C)C)NC(=O)CCCCC/C=C\CCCCCCCCC. The summed E-state index contributed by atoms with van der Waals surface area (Å²) in [5, 5.41) is 3.05. The Morgan fingerprint density at radius 1 is 0.462 bits per heavy atom. The third kappa shape index (κ3) is 57.9. The Kier molecular flexibility index (Phi) is 55.4. The zero-order valence-electron chi connectivity index (χ0n) is 51.6. The number of esters is 1. The fourth-order valence-corrected chi connectivity index (χ4v) is 9.82. The highest BCUT2D eigenvalue weighted by molar-refractivity contribution is 7.47. The van der Waals surface area contributed by atoms with Crippen molar-refractivity contribution in [3.05, 3.63) is 85.1 Å². The number of phosphoric acid groups is 1. The van der Waals surface area contributed by atoms with Gasteiger partial charge in [0, 0.05) is 12.8 Å². The van der Waals surface area contributed by atoms with Gasteiger partial charge in [-0.25, -0.2) is 4.57 Å². The van der Waals surface area contributed by atoms with Crippen LogP contribution in [0.5, 0.6) is 0 Å². The molecule has 0 radical (unpaired) electrons. The van der Waals surface area contributed by atoms with Gasteiger partial charge in [0.25, 0.3) is 0 Å². The van der Waals surface area contributed by atoms with Crippen molar-refractivity contribution in [2.24, 2.45) is 0 Å². The fraction of sp³-hybridized carbons (Fsp3) is 0.765. The third-order valence-corrected chi connectivity index (χ3v) is 15.1. The Morgan fingerprint density at radius 3 is 1.26 bits per heavy atom. The molecule has 0 spiro atoms. The maximum Gasteiger partial charge on any atom is 0.472 e. The van der Waals surface area contributed by atoms with Gasteiger partial charge >= 0.3 is 13.8 Å². The summed E-state index contributed by atoms with van der Waals surface area (Å²) in [6.07, 6.45) is 75.8. The predicted octanol–water partition coefficient (Wildman–Crippen LogP) is 20.2. The minimum atomic E-state index is -4.46. The van der Waals surface area contributed by atoms with Crippen molar-refractivity contribution in [3.8, 4) is 0 Å². The summed E-state index contributed by atoms with van der Waals surface area (Å²) in [6.45, 7) is 6.89. The predicted molar refractivity (Wildman–Crippen MR) is 337 cm³/mol. The average Bonchev–Trinajstić information content (AvgIpc) is 3.40. The van der Waals surface area contributed by atoms with Crippen LogP contribution in [0.25, 0.3) is 0 Å². The van der Waals surface area contributed by atoms with Gasteiger partial charge < -0.3 is 19.4 Å². The first-order valence-electron chi connectivity index (χ1n) is 32.4. The molecule has 78 heavy (non-hydrogen) atoms. The molecule has 0 aliphatic heterocycles. The van der Waals surface area contributed by atoms with Crippen molar-refractivity contribution in [1.82, 2.24) is 5.32 Å². The van der Waals surface area contributed by atoms with Crippen LogP contribution in [0.4, 0.5) is 0 Å². The Bertz CT molecular complexity index is 1610. The normalized spacial score (nSPS) is 14.2. The fourth-order valence-electron chi connectivity index (χ4n) is 9.08. The van der Waals surface area contributed by atoms with Crippen LogP contribution < -0.4 is 5.32 Å². The van der Waals surface area contributed by atoms with Gasteiger partial charge in [-0.1, -0.05) is 254 Å². The van der Waals surface area contributed by atoms with Crippen molar-refractivity contribution in [2.75, 3.05) is 40.9 Å². The van der Waals surface area contributed by atoms with Crippen molar-refractivity contribution >= 4 is 19.7 Å². The number of quaternary nitrogens is 1. The number of hydrogen-bond donors (Lipinski definition) is 2. The molecular formula is C68H124N2O7P+. The Hall–Kier alpha value is -2.81. The number of amides is 1. The number of ether oxygens (including phenoxy) is 1. The molecule has 3 unspecified atom stereocenters. The Labute approximate surface area is 482 Å². The van der Waals surface area contributed by atoms with Crippen LogP contribution in [0, 0.1) is 0 Å². The maximum atomic E-state index is 13.5. The summed E-state index contributed by atoms with van der Waals surface area (Å²) in [5.74, 6) is -0.528. The lowest BCUT2D eigenvalue weighted by Crippen LogP contribution is -2.47. The molecule has 0 aliphatic rings. The van der Waals surface area contributed by atoms with Crippen LogP contribution in [-0.2, 0) is 27.9 Å². The van der Waals surface area contributed by atoms with E-state index < -0.39 is 20.0 Å². The van der Waals surface area contributed by atoms with Crippen molar-refractivity contribution in [3.63, 3.8) is 0 Å². The largest absolute Gasteiger partial charge is 0.472 e. The summed E-state index contributed by atoms with van der Waals surface area (Å²) >= 11 is 0. The summed E-state index contributed by atoms with van der Waals surface area (Å²) in [6, 6.07) is -0.862. The third-order valence-electron chi connectivity index (χ3n) is 14.1. The number of allylic oxidation sites excluding steroid dienone is 13. The van der Waals surface area contributed by atoms with E-state index in [9.17, 15) is 19.0 Å². The zero-order chi connectivity index (χ0) is 57.2. The molecule has 0 aromatic heterocycles.